The molecule has 0 heterocycles. The summed E-state index contributed by atoms with van der Waals surface area (Å²) in [4.78, 5) is 0. The van der Waals surface area contributed by atoms with Crippen LogP contribution < -0.4 is 0 Å². The van der Waals surface area contributed by atoms with Gasteiger partial charge in [0.2, 0.25) is 0 Å². The molecule has 0 aromatic rings. The van der Waals surface area contributed by atoms with E-state index < -0.39 is 0 Å². The molecule has 0 aromatic carbocycles. The third-order valence-electron chi connectivity index (χ3n) is 0. The molecule has 0 aliphatic carbocycles. The molecule has 4 heteroatoms. The van der Waals surface area contributed by atoms with Crippen molar-refractivity contribution in [2.24, 2.45) is 0 Å². The van der Waals surface area contributed by atoms with E-state index in [0.29, 0.717) is 0 Å². The van der Waals surface area contributed by atoms with E-state index in [1.807, 2.05) is 0 Å². The minimum atomic E-state index is 0. The maximum atomic E-state index is 0. The summed E-state index contributed by atoms with van der Waals surface area (Å²) in [5.74, 6) is 0. The Morgan fingerprint density at radius 2 is 1.00 bits per heavy atom. The molecule has 0 nitrogen and oxygen atoms in total. The molecule has 0 aromatic heterocycles. The summed E-state index contributed by atoms with van der Waals surface area (Å²) in [6, 6.07) is 0. The average Bonchev–Trinajstić information content (AvgIpc) is 0. The zero-order chi connectivity index (χ0) is 0. The van der Waals surface area contributed by atoms with E-state index in [1.54, 1.807) is 0 Å². The molecule has 0 bridgehead atoms. The molecule has 3 radical (unpaired) electrons. The zero-order valence-electron chi connectivity index (χ0n) is 1.37. The first-order chi connectivity index (χ1) is 0. The van der Waals surface area contributed by atoms with E-state index in [2.05, 4.69) is 0 Å². The van der Waals surface area contributed by atoms with Crippen molar-refractivity contribution in [3.05, 3.63) is 0 Å². The van der Waals surface area contributed by atoms with Crippen LogP contribution in [0.1, 0.15) is 0 Å². The Balaban J connectivity index is 0. The van der Waals surface area contributed by atoms with E-state index in [9.17, 15) is 0 Å². The molecule has 0 amide bonds. The molecule has 0 rings (SSSR count). The number of hydrogen-bond acceptors (Lipinski definition) is 0. The largest absolute Gasteiger partial charge is 0 e. The molecule has 0 unspecified atom stereocenters. The normalized spacial score (nSPS) is 0. The molecule has 0 saturated carbocycles. The Kier molecular flexibility index (Phi) is 145. The Labute approximate surface area is 75.7 Å². The Morgan fingerprint density at radius 3 is 1.00 bits per heavy atom. The van der Waals surface area contributed by atoms with Crippen molar-refractivity contribution < 1.29 is 76.7 Å². The summed E-state index contributed by atoms with van der Waals surface area (Å²) < 4.78 is 0. The average molecular weight is 498 g/mol. The molecule has 35 valence electrons. The van der Waals surface area contributed by atoms with Crippen molar-refractivity contribution in [2.75, 3.05) is 0 Å². The van der Waals surface area contributed by atoms with Crippen LogP contribution in [0.4, 0.5) is 0 Å². The first-order valence-electron chi connectivity index (χ1n) is 0. The molecular weight excluding hydrogens is 498 g/mol. The fourth-order valence-electron chi connectivity index (χ4n) is 0. The van der Waals surface area contributed by atoms with Crippen molar-refractivity contribution in [1.29, 1.82) is 0 Å². The van der Waals surface area contributed by atoms with Crippen molar-refractivity contribution >= 4 is 0 Å². The van der Waals surface area contributed by atoms with E-state index in [1.165, 1.54) is 0 Å². The van der Waals surface area contributed by atoms with Gasteiger partial charge in [-0.25, -0.2) is 0 Å². The van der Waals surface area contributed by atoms with Crippen LogP contribution in [-0.4, -0.2) is 0 Å². The van der Waals surface area contributed by atoms with Gasteiger partial charge in [-0.2, -0.15) is 0 Å². The van der Waals surface area contributed by atoms with Crippen LogP contribution in [0.25, 0.3) is 0 Å². The molecule has 0 spiro atoms. The van der Waals surface area contributed by atoms with Crippen molar-refractivity contribution in [1.82, 2.24) is 0 Å². The van der Waals surface area contributed by atoms with Gasteiger partial charge in [0, 0.05) is 76.7 Å². The quantitative estimate of drug-likeness (QED) is 0.413. The molecule has 0 atom stereocenters. The van der Waals surface area contributed by atoms with Gasteiger partial charge in [-0.05, 0) is 0 Å². The van der Waals surface area contributed by atoms with Gasteiger partial charge in [0.15, 0.2) is 0 Å². The molecule has 0 aliphatic rings. The van der Waals surface area contributed by atoms with Gasteiger partial charge < -0.3 is 0 Å². The standard InChI is InChI=1S/Au.Co.Fe.Re. The third-order valence-corrected chi connectivity index (χ3v) is 0. The van der Waals surface area contributed by atoms with Gasteiger partial charge >= 0.3 is 0 Å². The number of rotatable bonds is 0. The summed E-state index contributed by atoms with van der Waals surface area (Å²) in [7, 11) is 0. The van der Waals surface area contributed by atoms with Crippen LogP contribution in [0, 0.1) is 0 Å². The van der Waals surface area contributed by atoms with Crippen LogP contribution in [0.3, 0.4) is 0 Å². The van der Waals surface area contributed by atoms with Crippen molar-refractivity contribution in [3.63, 3.8) is 0 Å². The minimum Gasteiger partial charge on any atom is 0 e. The van der Waals surface area contributed by atoms with Gasteiger partial charge in [-0.3, -0.25) is 0 Å². The van der Waals surface area contributed by atoms with Crippen LogP contribution in [0.5, 0.6) is 0 Å². The zero-order valence-corrected chi connectivity index (χ0v) is 8.39. The van der Waals surface area contributed by atoms with E-state index >= 15 is 0 Å². The fourth-order valence-corrected chi connectivity index (χ4v) is 0. The Morgan fingerprint density at radius 1 is 1.00 bits per heavy atom. The second-order valence-electron chi connectivity index (χ2n) is 0. The van der Waals surface area contributed by atoms with Crippen LogP contribution >= 0.6 is 0 Å². The first-order valence-corrected chi connectivity index (χ1v) is 0. The van der Waals surface area contributed by atoms with E-state index in [-0.39, 0.29) is 76.7 Å². The predicted molar refractivity (Wildman–Crippen MR) is 0 cm³/mol. The summed E-state index contributed by atoms with van der Waals surface area (Å²) in [5.41, 5.74) is 0. The second kappa shape index (κ2) is 18.1. The molecule has 0 saturated heterocycles. The van der Waals surface area contributed by atoms with Gasteiger partial charge in [-0.1, -0.05) is 0 Å². The summed E-state index contributed by atoms with van der Waals surface area (Å²) in [6.07, 6.45) is 0. The molecule has 0 N–H and O–H groups in total. The van der Waals surface area contributed by atoms with Gasteiger partial charge in [0.05, 0.1) is 0 Å². The predicted octanol–water partition coefficient (Wildman–Crippen LogP) is -0.0100. The SMILES string of the molecule is [Au].[Co].[Fe].[Re]. The van der Waals surface area contributed by atoms with Gasteiger partial charge in [0.1, 0.15) is 0 Å². The smallest absolute Gasteiger partial charge is 0 e. The fraction of sp³-hybridized carbons (Fsp3) is 0. The summed E-state index contributed by atoms with van der Waals surface area (Å²) >= 11 is 0. The van der Waals surface area contributed by atoms with Crippen LogP contribution in [0.15, 0.2) is 0 Å². The first kappa shape index (κ1) is 32.1. The second-order valence-corrected chi connectivity index (χ2v) is 0. The Hall–Kier alpha value is 2.43. The maximum absolute atomic E-state index is 0. The topological polar surface area (TPSA) is 0 Å². The molecule has 0 fully saturated rings. The molecular formula is AuCoFeRe. The van der Waals surface area contributed by atoms with E-state index in [4.69, 9.17) is 0 Å². The van der Waals surface area contributed by atoms with Crippen LogP contribution in [0.2, 0.25) is 0 Å². The van der Waals surface area contributed by atoms with Crippen molar-refractivity contribution in [2.45, 2.75) is 0 Å². The summed E-state index contributed by atoms with van der Waals surface area (Å²) in [6.45, 7) is 0. The van der Waals surface area contributed by atoms with Gasteiger partial charge in [-0.15, -0.1) is 0 Å². The monoisotopic (exact) mass is 499 g/mol. The Bertz CT molecular complexity index is 8.00. The maximum Gasteiger partial charge on any atom is 0 e. The van der Waals surface area contributed by atoms with Crippen LogP contribution in [-0.2, 0) is 76.7 Å². The van der Waals surface area contributed by atoms with Gasteiger partial charge in [0.25, 0.3) is 0 Å². The molecule has 0 aliphatic heterocycles. The number of hydrogen-bond donors (Lipinski definition) is 0. The van der Waals surface area contributed by atoms with Crippen molar-refractivity contribution in [3.8, 4) is 0 Å². The summed E-state index contributed by atoms with van der Waals surface area (Å²) in [5, 5.41) is 0. The van der Waals surface area contributed by atoms with E-state index in [0.717, 1.165) is 0 Å². The third kappa shape index (κ3) is 8.83. The minimum absolute atomic E-state index is 0. The molecule has 4 heavy (non-hydrogen) atoms.